The Labute approximate surface area is 572 Å². The number of carbonyl (C=O) groups excluding carboxylic acids is 1. The first kappa shape index (κ1) is 89.4. The third-order valence-electron chi connectivity index (χ3n) is 17.8. The zero-order chi connectivity index (χ0) is 66.9. The highest BCUT2D eigenvalue weighted by Gasteiger charge is 2.24. The first-order chi connectivity index (χ1) is 45.0. The number of amides is 1. The molecule has 0 aliphatic heterocycles. The minimum Gasteiger partial charge on any atom is -0.756 e. The molecule has 0 aromatic carbocycles. The van der Waals surface area contributed by atoms with E-state index in [1.165, 1.54) is 257 Å². The average molecular weight is 1310 g/mol. The monoisotopic (exact) mass is 1310 g/mol. The minimum absolute atomic E-state index is 0.0103. The lowest BCUT2D eigenvalue weighted by Crippen LogP contribution is -2.46. The summed E-state index contributed by atoms with van der Waals surface area (Å²) in [5.41, 5.74) is 0. The molecule has 0 rings (SSSR count). The van der Waals surface area contributed by atoms with Gasteiger partial charge < -0.3 is 28.8 Å². The molecule has 0 saturated heterocycles. The first-order valence-electron chi connectivity index (χ1n) is 39.6. The quantitative estimate of drug-likeness (QED) is 0.0272. The second kappa shape index (κ2) is 72.7. The summed E-state index contributed by atoms with van der Waals surface area (Å²) in [6, 6.07) is -0.808. The lowest BCUT2D eigenvalue weighted by Gasteiger charge is -2.30. The smallest absolute Gasteiger partial charge is 0.268 e. The van der Waals surface area contributed by atoms with Gasteiger partial charge in [-0.2, -0.15) is 0 Å². The number of quaternary nitrogens is 1. The van der Waals surface area contributed by atoms with Crippen LogP contribution >= 0.6 is 7.82 Å². The summed E-state index contributed by atoms with van der Waals surface area (Å²) in [6.45, 7) is 4.65. The topological polar surface area (TPSA) is 108 Å². The fourth-order valence-electron chi connectivity index (χ4n) is 11.8. The molecule has 536 valence electrons. The number of aliphatic hydroxyl groups is 1. The number of nitrogens with one attached hydrogen (secondary N) is 1. The zero-order valence-electron chi connectivity index (χ0n) is 61.5. The van der Waals surface area contributed by atoms with E-state index in [0.29, 0.717) is 23.9 Å². The normalized spacial score (nSPS) is 14.0. The maximum absolute atomic E-state index is 13.1. The van der Waals surface area contributed by atoms with Crippen molar-refractivity contribution in [3.05, 3.63) is 97.2 Å². The van der Waals surface area contributed by atoms with Crippen LogP contribution in [0.1, 0.15) is 373 Å². The number of allylic oxidation sites excluding steroid dienone is 16. The number of hydrogen-bond donors (Lipinski definition) is 2. The van der Waals surface area contributed by atoms with E-state index in [0.717, 1.165) is 89.9 Å². The van der Waals surface area contributed by atoms with Crippen LogP contribution in [0.5, 0.6) is 0 Å². The summed E-state index contributed by atoms with van der Waals surface area (Å²) < 4.78 is 23.6. The Morgan fingerprint density at radius 3 is 0.967 bits per heavy atom. The van der Waals surface area contributed by atoms with E-state index in [9.17, 15) is 19.4 Å². The Kier molecular flexibility index (Phi) is 70.6. The van der Waals surface area contributed by atoms with E-state index >= 15 is 0 Å². The van der Waals surface area contributed by atoms with Gasteiger partial charge in [-0.3, -0.25) is 9.36 Å². The van der Waals surface area contributed by atoms with Crippen molar-refractivity contribution in [2.45, 2.75) is 386 Å². The number of phosphoric acid groups is 1. The summed E-state index contributed by atoms with van der Waals surface area (Å²) in [4.78, 5) is 25.7. The molecule has 3 atom stereocenters. The summed E-state index contributed by atoms with van der Waals surface area (Å²) in [5.74, 6) is -0.163. The highest BCUT2D eigenvalue weighted by Crippen LogP contribution is 2.38. The van der Waals surface area contributed by atoms with E-state index in [-0.39, 0.29) is 19.1 Å². The number of carbonyl (C=O) groups is 1. The SMILES string of the molecule is CC/C=C\C/C=C\C/C=C\C/C=C\C/C=C\C/C=C\C/C=C\C/C=C\CCCCCCCCCCCCCCCCC(=O)NC(COP(=O)([O-])OCC[N+](C)(C)C)C(O)CCCCCCCCCCCCCCCCCCCCCCCCCCCCCCCCC. The number of phosphoric ester groups is 1. The Morgan fingerprint density at radius 1 is 0.391 bits per heavy atom. The van der Waals surface area contributed by atoms with E-state index in [1.807, 2.05) is 21.1 Å². The van der Waals surface area contributed by atoms with E-state index in [1.54, 1.807) is 0 Å². The van der Waals surface area contributed by atoms with Crippen molar-refractivity contribution in [3.63, 3.8) is 0 Å². The summed E-state index contributed by atoms with van der Waals surface area (Å²) in [5, 5.41) is 14.1. The molecule has 0 aliphatic carbocycles. The average Bonchev–Trinajstić information content (AvgIpc) is 2.63. The number of nitrogens with zero attached hydrogens (tertiary/aromatic N) is 1. The van der Waals surface area contributed by atoms with Gasteiger partial charge in [0.1, 0.15) is 13.2 Å². The van der Waals surface area contributed by atoms with E-state index < -0.39 is 20.0 Å². The number of hydrogen-bond acceptors (Lipinski definition) is 6. The van der Waals surface area contributed by atoms with Crippen LogP contribution in [0, 0.1) is 0 Å². The molecule has 0 heterocycles. The van der Waals surface area contributed by atoms with Gasteiger partial charge in [-0.15, -0.1) is 0 Å². The maximum atomic E-state index is 13.1. The predicted molar refractivity (Wildman–Crippen MR) is 403 cm³/mol. The van der Waals surface area contributed by atoms with Crippen molar-refractivity contribution in [1.82, 2.24) is 5.32 Å². The van der Waals surface area contributed by atoms with Gasteiger partial charge in [-0.1, -0.05) is 387 Å². The van der Waals surface area contributed by atoms with Crippen LogP contribution in [0.4, 0.5) is 0 Å². The zero-order valence-corrected chi connectivity index (χ0v) is 62.4. The second-order valence-corrected chi connectivity index (χ2v) is 29.5. The van der Waals surface area contributed by atoms with Crippen molar-refractivity contribution < 1.29 is 32.9 Å². The van der Waals surface area contributed by atoms with Crippen molar-refractivity contribution in [2.24, 2.45) is 0 Å². The van der Waals surface area contributed by atoms with Gasteiger partial charge in [0.05, 0.1) is 39.9 Å². The van der Waals surface area contributed by atoms with Crippen molar-refractivity contribution in [2.75, 3.05) is 40.9 Å². The fraction of sp³-hybridized carbons (Fsp3) is 0.795. The molecule has 0 aromatic heterocycles. The van der Waals surface area contributed by atoms with Crippen molar-refractivity contribution in [3.8, 4) is 0 Å². The van der Waals surface area contributed by atoms with Crippen LogP contribution in [0.25, 0.3) is 0 Å². The molecule has 2 N–H and O–H groups in total. The molecule has 92 heavy (non-hydrogen) atoms. The van der Waals surface area contributed by atoms with Gasteiger partial charge in [0.15, 0.2) is 0 Å². The van der Waals surface area contributed by atoms with Gasteiger partial charge in [-0.05, 0) is 77.0 Å². The van der Waals surface area contributed by atoms with Crippen LogP contribution in [0.3, 0.4) is 0 Å². The summed E-state index contributed by atoms with van der Waals surface area (Å²) in [7, 11) is 1.31. The predicted octanol–water partition coefficient (Wildman–Crippen LogP) is 25.4. The van der Waals surface area contributed by atoms with Crippen LogP contribution in [-0.4, -0.2) is 68.5 Å². The molecule has 3 unspecified atom stereocenters. The molecule has 0 aliphatic rings. The Balaban J connectivity index is 3.99. The van der Waals surface area contributed by atoms with Gasteiger partial charge in [-0.25, -0.2) is 0 Å². The minimum atomic E-state index is -4.59. The Bertz CT molecular complexity index is 1830. The number of rotatable bonds is 73. The van der Waals surface area contributed by atoms with Crippen LogP contribution in [-0.2, 0) is 18.4 Å². The number of likely N-dealkylation sites (N-methyl/N-ethyl adjacent to an activating group) is 1. The molecule has 0 saturated carbocycles. The van der Waals surface area contributed by atoms with Gasteiger partial charge in [0.25, 0.3) is 7.82 Å². The molecular formula is C83H153N2O6P. The Hall–Kier alpha value is -2.58. The first-order valence-corrected chi connectivity index (χ1v) is 41.0. The van der Waals surface area contributed by atoms with Crippen LogP contribution < -0.4 is 10.2 Å². The Morgan fingerprint density at radius 2 is 0.663 bits per heavy atom. The highest BCUT2D eigenvalue weighted by atomic mass is 31.2. The van der Waals surface area contributed by atoms with Gasteiger partial charge in [0, 0.05) is 6.42 Å². The maximum Gasteiger partial charge on any atom is 0.268 e. The molecule has 0 fully saturated rings. The van der Waals surface area contributed by atoms with E-state index in [4.69, 9.17) is 9.05 Å². The largest absolute Gasteiger partial charge is 0.756 e. The molecule has 0 radical (unpaired) electrons. The molecule has 8 nitrogen and oxygen atoms in total. The van der Waals surface area contributed by atoms with Crippen molar-refractivity contribution in [1.29, 1.82) is 0 Å². The van der Waals surface area contributed by atoms with Gasteiger partial charge >= 0.3 is 0 Å². The van der Waals surface area contributed by atoms with Crippen LogP contribution in [0.15, 0.2) is 97.2 Å². The molecular weight excluding hydrogens is 1150 g/mol. The van der Waals surface area contributed by atoms with Gasteiger partial charge in [0.2, 0.25) is 5.91 Å². The third-order valence-corrected chi connectivity index (χ3v) is 18.8. The molecule has 1 amide bonds. The summed E-state index contributed by atoms with van der Waals surface area (Å²) in [6.07, 6.45) is 105. The lowest BCUT2D eigenvalue weighted by atomic mass is 10.0. The molecule has 9 heteroatoms. The third kappa shape index (κ3) is 74.8. The second-order valence-electron chi connectivity index (χ2n) is 28.0. The molecule has 0 spiro atoms. The highest BCUT2D eigenvalue weighted by molar-refractivity contribution is 7.45. The van der Waals surface area contributed by atoms with Crippen molar-refractivity contribution >= 4 is 13.7 Å². The lowest BCUT2D eigenvalue weighted by molar-refractivity contribution is -0.870. The molecule has 0 bridgehead atoms. The standard InChI is InChI=1S/C83H153N2O6P/c1-6-8-10-12-14-16-18-20-22-24-26-28-30-32-34-36-38-39-40-41-42-43-44-45-47-49-51-53-55-57-59-61-63-65-67-69-71-73-75-77-83(87)84-81(80-91-92(88,89)90-79-78-85(3,4)5)82(86)76-74-72-70-68-66-64-62-60-58-56-54-52-50-48-46-37-35-33-31-29-27-25-23-21-19-17-15-13-11-9-7-2/h8,10,14,16,20,22,26,28,32,34,38-39,41-42,44-45,81-82,86H,6-7,9,11-13,15,17-19,21,23-25,27,29-31,33,35-37,40,43,46-80H2,1-5H3,(H-,84,87,88,89)/b10-8-,16-14-,22-20-,28-26-,34-32-,39-38-,42-41-,45-44-. The summed E-state index contributed by atoms with van der Waals surface area (Å²) >= 11 is 0. The van der Waals surface area contributed by atoms with Crippen LogP contribution in [0.2, 0.25) is 0 Å². The molecule has 0 aromatic rings. The fourth-order valence-corrected chi connectivity index (χ4v) is 12.5. The van der Waals surface area contributed by atoms with E-state index in [2.05, 4.69) is 116 Å². The number of unbranched alkanes of at least 4 members (excludes halogenated alkanes) is 44. The number of aliphatic hydroxyl groups excluding tert-OH is 1.